The minimum Gasteiger partial charge on any atom is -0.317 e. The Morgan fingerprint density at radius 2 is 1.81 bits per heavy atom. The highest BCUT2D eigenvalue weighted by molar-refractivity contribution is 7.22. The smallest absolute Gasteiger partial charge is 0.229 e. The molecule has 7 nitrogen and oxygen atoms in total. The minimum absolute atomic E-state index is 0.313. The summed E-state index contributed by atoms with van der Waals surface area (Å²) in [7, 11) is 0. The molecule has 2 fully saturated rings. The summed E-state index contributed by atoms with van der Waals surface area (Å²) >= 11 is 1.58. The molecule has 9 heteroatoms. The van der Waals surface area contributed by atoms with E-state index >= 15 is 4.39 Å². The Morgan fingerprint density at radius 3 is 2.51 bits per heavy atom. The van der Waals surface area contributed by atoms with Gasteiger partial charge in [-0.15, -0.1) is 11.3 Å². The number of hydrogen-bond donors (Lipinski definition) is 1. The van der Waals surface area contributed by atoms with E-state index in [1.807, 2.05) is 19.2 Å². The lowest BCUT2D eigenvalue weighted by Gasteiger charge is -2.31. The predicted molar refractivity (Wildman–Crippen MR) is 147 cm³/mol. The number of anilines is 2. The van der Waals surface area contributed by atoms with Crippen LogP contribution in [0.2, 0.25) is 0 Å². The number of pyridine rings is 1. The summed E-state index contributed by atoms with van der Waals surface area (Å²) < 4.78 is 17.4. The van der Waals surface area contributed by atoms with Crippen LogP contribution in [0.1, 0.15) is 74.4 Å². The van der Waals surface area contributed by atoms with Crippen LogP contribution in [0.15, 0.2) is 24.5 Å². The van der Waals surface area contributed by atoms with E-state index in [9.17, 15) is 0 Å². The number of fused-ring (bicyclic) bond motifs is 1. The van der Waals surface area contributed by atoms with Crippen LogP contribution in [-0.4, -0.2) is 49.0 Å². The van der Waals surface area contributed by atoms with E-state index in [-0.39, 0.29) is 0 Å². The Kier molecular flexibility index (Phi) is 6.67. The molecule has 1 saturated carbocycles. The molecule has 0 amide bonds. The van der Waals surface area contributed by atoms with Crippen LogP contribution in [0, 0.1) is 19.7 Å². The van der Waals surface area contributed by atoms with Crippen molar-refractivity contribution < 1.29 is 4.39 Å². The molecule has 1 N–H and O–H groups in total. The zero-order valence-electron chi connectivity index (χ0n) is 21.8. The molecule has 1 saturated heterocycles. The second-order valence-corrected chi connectivity index (χ2v) is 11.4. The van der Waals surface area contributed by atoms with Crippen LogP contribution < -0.4 is 5.32 Å². The van der Waals surface area contributed by atoms with E-state index in [1.54, 1.807) is 11.3 Å². The number of nitrogens with one attached hydrogen (secondary N) is 1. The number of rotatable bonds is 6. The molecule has 2 aliphatic rings. The molecule has 6 rings (SSSR count). The monoisotopic (exact) mass is 519 g/mol. The topological polar surface area (TPSA) is 71.8 Å². The summed E-state index contributed by atoms with van der Waals surface area (Å²) in [6.07, 6.45) is 10.4. The van der Waals surface area contributed by atoms with E-state index in [1.165, 1.54) is 50.3 Å². The van der Waals surface area contributed by atoms with Gasteiger partial charge in [-0.3, -0.25) is 0 Å². The molecule has 4 aromatic heterocycles. The number of hydrogen-bond acceptors (Lipinski definition) is 7. The van der Waals surface area contributed by atoms with Gasteiger partial charge in [0.25, 0.3) is 0 Å². The average molecular weight is 520 g/mol. The third-order valence-electron chi connectivity index (χ3n) is 8.12. The first-order valence-electron chi connectivity index (χ1n) is 13.5. The van der Waals surface area contributed by atoms with Crippen molar-refractivity contribution in [1.82, 2.24) is 29.4 Å². The average Bonchev–Trinajstić information content (AvgIpc) is 3.63. The zero-order valence-corrected chi connectivity index (χ0v) is 22.6. The van der Waals surface area contributed by atoms with Crippen LogP contribution >= 0.6 is 11.3 Å². The lowest BCUT2D eigenvalue weighted by Crippen LogP contribution is -2.32. The van der Waals surface area contributed by atoms with Gasteiger partial charge in [0.15, 0.2) is 5.82 Å². The van der Waals surface area contributed by atoms with Crippen LogP contribution in [-0.2, 0) is 0 Å². The molecule has 0 radical (unpaired) electrons. The predicted octanol–water partition coefficient (Wildman–Crippen LogP) is 6.76. The van der Waals surface area contributed by atoms with Crippen LogP contribution in [0.25, 0.3) is 20.9 Å². The lowest BCUT2D eigenvalue weighted by atomic mass is 9.90. The van der Waals surface area contributed by atoms with Gasteiger partial charge < -0.3 is 14.8 Å². The number of likely N-dealkylation sites (tertiary alicyclic amines) is 1. The number of nitrogens with zero attached hydrogens (tertiary/aromatic N) is 6. The van der Waals surface area contributed by atoms with Crippen molar-refractivity contribution in [3.8, 4) is 10.6 Å². The van der Waals surface area contributed by atoms with Crippen molar-refractivity contribution in [1.29, 1.82) is 0 Å². The summed E-state index contributed by atoms with van der Waals surface area (Å²) in [5.41, 5.74) is 3.51. The molecule has 0 bridgehead atoms. The Morgan fingerprint density at radius 1 is 1.03 bits per heavy atom. The molecule has 0 atom stereocenters. The quantitative estimate of drug-likeness (QED) is 0.303. The first-order valence-corrected chi connectivity index (χ1v) is 14.3. The van der Waals surface area contributed by atoms with Gasteiger partial charge in [0.1, 0.15) is 27.7 Å². The molecule has 4 aromatic rings. The van der Waals surface area contributed by atoms with Gasteiger partial charge in [0.05, 0.1) is 11.1 Å². The van der Waals surface area contributed by atoms with Gasteiger partial charge in [0.2, 0.25) is 5.95 Å². The highest BCUT2D eigenvalue weighted by Gasteiger charge is 2.26. The summed E-state index contributed by atoms with van der Waals surface area (Å²) in [5, 5.41) is 3.18. The van der Waals surface area contributed by atoms with Crippen LogP contribution in [0.5, 0.6) is 0 Å². The fourth-order valence-corrected chi connectivity index (χ4v) is 7.33. The fraction of sp³-hybridized carbons (Fsp3) is 0.500. The van der Waals surface area contributed by atoms with Gasteiger partial charge in [-0.25, -0.2) is 24.3 Å². The second kappa shape index (κ2) is 10.1. The molecule has 5 heterocycles. The lowest BCUT2D eigenvalue weighted by molar-refractivity contribution is 0.222. The standard InChI is InChI=1S/C28H34FN7S/c1-4-35-13-11-19(12-14-35)20-9-10-23(30-15-20)33-28-31-16-22(29)25(34-28)26-17(2)24-27(37-26)36(18(3)32-24)21-7-5-6-8-21/h9-10,15-16,19,21H,4-8,11-14H2,1-3H3,(H,30,31,33,34). The highest BCUT2D eigenvalue weighted by Crippen LogP contribution is 2.42. The van der Waals surface area contributed by atoms with Crippen LogP contribution in [0.4, 0.5) is 16.2 Å². The Labute approximate surface area is 221 Å². The number of imidazole rings is 1. The Balaban J connectivity index is 1.24. The van der Waals surface area contributed by atoms with Crippen molar-refractivity contribution in [2.75, 3.05) is 25.0 Å². The fourth-order valence-electron chi connectivity index (χ4n) is 5.97. The molecular formula is C28H34FN7S. The summed E-state index contributed by atoms with van der Waals surface area (Å²) in [6.45, 7) is 9.71. The maximum Gasteiger partial charge on any atom is 0.229 e. The van der Waals surface area contributed by atoms with E-state index in [0.717, 1.165) is 46.2 Å². The molecule has 0 aromatic carbocycles. The third kappa shape index (κ3) is 4.63. The molecular weight excluding hydrogens is 485 g/mol. The minimum atomic E-state index is -0.427. The number of aromatic nitrogens is 5. The van der Waals surface area contributed by atoms with Gasteiger partial charge in [-0.2, -0.15) is 0 Å². The van der Waals surface area contributed by atoms with Crippen molar-refractivity contribution in [2.24, 2.45) is 0 Å². The first kappa shape index (κ1) is 24.4. The SMILES string of the molecule is CCN1CCC(c2ccc(Nc3ncc(F)c(-c4sc5c(nc(C)n5C5CCCC5)c4C)n3)nc2)CC1. The number of aryl methyl sites for hydroxylation is 2. The van der Waals surface area contributed by atoms with Gasteiger partial charge >= 0.3 is 0 Å². The number of thiophene rings is 1. The second-order valence-electron chi connectivity index (χ2n) is 10.4. The van der Waals surface area contributed by atoms with Gasteiger partial charge in [-0.05, 0) is 82.3 Å². The molecule has 1 aliphatic heterocycles. The van der Waals surface area contributed by atoms with Crippen molar-refractivity contribution >= 4 is 33.5 Å². The van der Waals surface area contributed by atoms with E-state index in [0.29, 0.717) is 29.4 Å². The zero-order chi connectivity index (χ0) is 25.5. The summed E-state index contributed by atoms with van der Waals surface area (Å²) in [6, 6.07) is 4.59. The van der Waals surface area contributed by atoms with Crippen molar-refractivity contribution in [3.05, 3.63) is 47.3 Å². The molecule has 0 unspecified atom stereocenters. The maximum atomic E-state index is 15.0. The normalized spacial score (nSPS) is 17.7. The number of piperidine rings is 1. The number of halogens is 1. The molecule has 37 heavy (non-hydrogen) atoms. The molecule has 1 aliphatic carbocycles. The maximum absolute atomic E-state index is 15.0. The first-order chi connectivity index (χ1) is 18.0. The van der Waals surface area contributed by atoms with E-state index in [2.05, 4.69) is 49.6 Å². The Bertz CT molecular complexity index is 1400. The Hall–Kier alpha value is -2.91. The third-order valence-corrected chi connectivity index (χ3v) is 9.41. The van der Waals surface area contributed by atoms with Crippen molar-refractivity contribution in [3.63, 3.8) is 0 Å². The van der Waals surface area contributed by atoms with Crippen LogP contribution in [0.3, 0.4) is 0 Å². The molecule has 194 valence electrons. The van der Waals surface area contributed by atoms with E-state index in [4.69, 9.17) is 4.98 Å². The highest BCUT2D eigenvalue weighted by atomic mass is 32.1. The summed E-state index contributed by atoms with van der Waals surface area (Å²) in [5.74, 6) is 2.16. The van der Waals surface area contributed by atoms with Gasteiger partial charge in [0, 0.05) is 12.2 Å². The van der Waals surface area contributed by atoms with Gasteiger partial charge in [-0.1, -0.05) is 25.8 Å². The van der Waals surface area contributed by atoms with Crippen molar-refractivity contribution in [2.45, 2.75) is 71.3 Å². The molecule has 0 spiro atoms. The van der Waals surface area contributed by atoms with E-state index < -0.39 is 5.82 Å². The largest absolute Gasteiger partial charge is 0.317 e. The summed E-state index contributed by atoms with van der Waals surface area (Å²) in [4.78, 5) is 22.7.